The number of Topliss-reactive ketones (excluding diaryl/α,β-unsaturated/α-hetero) is 1. The van der Waals surface area contributed by atoms with Crippen LogP contribution in [0.4, 0.5) is 0 Å². The summed E-state index contributed by atoms with van der Waals surface area (Å²) in [6.07, 6.45) is 1.43. The lowest BCUT2D eigenvalue weighted by atomic mass is 10.0. The molecule has 0 N–H and O–H groups in total. The Bertz CT molecular complexity index is 1100. The number of carbonyl (C=O) groups is 2. The molecule has 0 aliphatic rings. The fourth-order valence-corrected chi connectivity index (χ4v) is 3.34. The van der Waals surface area contributed by atoms with Crippen LogP contribution >= 0.6 is 11.5 Å². The Morgan fingerprint density at radius 2 is 1.96 bits per heavy atom. The summed E-state index contributed by atoms with van der Waals surface area (Å²) in [5.74, 6) is -0.787. The van der Waals surface area contributed by atoms with Crippen LogP contribution in [0.25, 0.3) is 11.8 Å². The second-order valence-corrected chi connectivity index (χ2v) is 6.60. The number of aryl methyl sites for hydroxylation is 1. The Hall–Kier alpha value is -3.57. The number of nitrogens with zero attached hydrogens (tertiary/aromatic N) is 4. The molecule has 0 amide bonds. The Morgan fingerprint density at radius 3 is 2.54 bits per heavy atom. The van der Waals surface area contributed by atoms with Crippen LogP contribution in [0, 0.1) is 25.2 Å². The second kappa shape index (κ2) is 7.98. The first-order valence-corrected chi connectivity index (χ1v) is 9.11. The van der Waals surface area contributed by atoms with Gasteiger partial charge in [-0.05, 0) is 61.8 Å². The van der Waals surface area contributed by atoms with Crippen LogP contribution in [0.5, 0.6) is 0 Å². The molecule has 2 heterocycles. The minimum atomic E-state index is -0.413. The summed E-state index contributed by atoms with van der Waals surface area (Å²) < 4.78 is 10.3. The molecule has 3 aromatic rings. The minimum absolute atomic E-state index is 0.00557. The maximum absolute atomic E-state index is 12.9. The van der Waals surface area contributed by atoms with Gasteiger partial charge in [0, 0.05) is 28.0 Å². The van der Waals surface area contributed by atoms with Crippen LogP contribution in [0.1, 0.15) is 37.8 Å². The fraction of sp³-hybridized carbons (Fsp3) is 0.150. The molecule has 28 heavy (non-hydrogen) atoms. The van der Waals surface area contributed by atoms with E-state index in [4.69, 9.17) is 4.74 Å². The molecule has 8 heteroatoms. The second-order valence-electron chi connectivity index (χ2n) is 5.99. The highest BCUT2D eigenvalue weighted by Crippen LogP contribution is 2.24. The lowest BCUT2D eigenvalue weighted by molar-refractivity contribution is 0.0600. The zero-order chi connectivity index (χ0) is 20.3. The molecule has 7 nitrogen and oxygen atoms in total. The topological polar surface area (TPSA) is 97.9 Å². The van der Waals surface area contributed by atoms with Crippen molar-refractivity contribution < 1.29 is 14.3 Å². The number of ketones is 1. The zero-order valence-corrected chi connectivity index (χ0v) is 16.3. The molecule has 0 bridgehead atoms. The molecule has 2 aromatic heterocycles. The van der Waals surface area contributed by atoms with Crippen molar-refractivity contribution in [2.45, 2.75) is 13.8 Å². The Balaban J connectivity index is 1.99. The number of benzene rings is 1. The van der Waals surface area contributed by atoms with E-state index < -0.39 is 5.97 Å². The largest absolute Gasteiger partial charge is 0.465 e. The van der Waals surface area contributed by atoms with E-state index in [2.05, 4.69) is 9.59 Å². The number of hydrogen-bond acceptors (Lipinski definition) is 7. The highest BCUT2D eigenvalue weighted by molar-refractivity contribution is 7.03. The van der Waals surface area contributed by atoms with Gasteiger partial charge in [-0.25, -0.2) is 4.79 Å². The Labute approximate surface area is 165 Å². The van der Waals surface area contributed by atoms with E-state index in [1.807, 2.05) is 24.5 Å². The SMILES string of the molecule is COC(=O)c1ccc(-n2c(C)cc(C(=O)/C(C#N)=C\c3csnn3)c2C)cc1. The molecule has 1 aromatic carbocycles. The summed E-state index contributed by atoms with van der Waals surface area (Å²) >= 11 is 1.15. The first-order chi connectivity index (χ1) is 13.5. The number of esters is 1. The highest BCUT2D eigenvalue weighted by atomic mass is 32.1. The van der Waals surface area contributed by atoms with E-state index in [-0.39, 0.29) is 11.4 Å². The van der Waals surface area contributed by atoms with Crippen molar-refractivity contribution in [3.05, 3.63) is 69.5 Å². The lowest BCUT2D eigenvalue weighted by Crippen LogP contribution is -2.06. The van der Waals surface area contributed by atoms with Crippen molar-refractivity contribution >= 4 is 29.4 Å². The average Bonchev–Trinajstić information content (AvgIpc) is 3.32. The molecular weight excluding hydrogens is 376 g/mol. The van der Waals surface area contributed by atoms with Crippen molar-refractivity contribution in [1.82, 2.24) is 14.2 Å². The molecule has 0 saturated carbocycles. The van der Waals surface area contributed by atoms with E-state index in [0.29, 0.717) is 22.5 Å². The third-order valence-electron chi connectivity index (χ3n) is 4.26. The molecule has 140 valence electrons. The van der Waals surface area contributed by atoms with Crippen LogP contribution in [0.15, 0.2) is 41.3 Å². The standard InChI is InChI=1S/C20H16N4O3S/c1-12-8-18(19(25)15(10-21)9-16-11-28-23-22-16)13(2)24(12)17-6-4-14(5-7-17)20(26)27-3/h4-9,11H,1-3H3/b15-9-. The van der Waals surface area contributed by atoms with E-state index in [9.17, 15) is 14.9 Å². The minimum Gasteiger partial charge on any atom is -0.465 e. The van der Waals surface area contributed by atoms with Gasteiger partial charge >= 0.3 is 5.97 Å². The van der Waals surface area contributed by atoms with Crippen molar-refractivity contribution in [2.24, 2.45) is 0 Å². The maximum Gasteiger partial charge on any atom is 0.337 e. The molecule has 0 spiro atoms. The van der Waals surface area contributed by atoms with Gasteiger partial charge in [0.15, 0.2) is 0 Å². The number of carbonyl (C=O) groups excluding carboxylic acids is 2. The van der Waals surface area contributed by atoms with Gasteiger partial charge in [-0.1, -0.05) is 4.49 Å². The monoisotopic (exact) mass is 392 g/mol. The number of allylic oxidation sites excluding steroid dienone is 1. The number of aromatic nitrogens is 3. The molecule has 0 fully saturated rings. The van der Waals surface area contributed by atoms with Gasteiger partial charge in [0.05, 0.1) is 18.4 Å². The predicted octanol–water partition coefficient (Wildman–Crippen LogP) is 3.52. The van der Waals surface area contributed by atoms with Gasteiger partial charge in [0.1, 0.15) is 11.6 Å². The third-order valence-corrected chi connectivity index (χ3v) is 4.78. The summed E-state index contributed by atoms with van der Waals surface area (Å²) in [4.78, 5) is 24.5. The molecule has 3 rings (SSSR count). The van der Waals surface area contributed by atoms with Crippen molar-refractivity contribution in [3.8, 4) is 11.8 Å². The Morgan fingerprint density at radius 1 is 1.25 bits per heavy atom. The van der Waals surface area contributed by atoms with Crippen molar-refractivity contribution in [3.63, 3.8) is 0 Å². The molecule has 0 atom stereocenters. The average molecular weight is 392 g/mol. The molecular formula is C20H16N4O3S. The first-order valence-electron chi connectivity index (χ1n) is 8.27. The number of nitriles is 1. The van der Waals surface area contributed by atoms with E-state index >= 15 is 0 Å². The van der Waals surface area contributed by atoms with E-state index in [1.165, 1.54) is 13.2 Å². The van der Waals surface area contributed by atoms with Gasteiger partial charge in [0.25, 0.3) is 0 Å². The van der Waals surface area contributed by atoms with Crippen molar-refractivity contribution in [1.29, 1.82) is 5.26 Å². The Kier molecular flexibility index (Phi) is 5.47. The normalized spacial score (nSPS) is 11.1. The molecule has 0 aliphatic carbocycles. The number of ether oxygens (including phenoxy) is 1. The molecule has 0 radical (unpaired) electrons. The predicted molar refractivity (Wildman–Crippen MR) is 104 cm³/mol. The molecule has 0 aliphatic heterocycles. The number of rotatable bonds is 5. The third kappa shape index (κ3) is 3.61. The molecule has 0 unspecified atom stereocenters. The van der Waals surface area contributed by atoms with Gasteiger partial charge in [-0.15, -0.1) is 5.10 Å². The van der Waals surface area contributed by atoms with Crippen LogP contribution in [-0.4, -0.2) is 33.0 Å². The smallest absolute Gasteiger partial charge is 0.337 e. The van der Waals surface area contributed by atoms with Gasteiger partial charge in [0.2, 0.25) is 5.78 Å². The summed E-state index contributed by atoms with van der Waals surface area (Å²) in [6, 6.07) is 10.6. The van der Waals surface area contributed by atoms with Gasteiger partial charge in [-0.3, -0.25) is 4.79 Å². The van der Waals surface area contributed by atoms with Crippen molar-refractivity contribution in [2.75, 3.05) is 7.11 Å². The van der Waals surface area contributed by atoms with Crippen LogP contribution in [0.2, 0.25) is 0 Å². The zero-order valence-electron chi connectivity index (χ0n) is 15.5. The van der Waals surface area contributed by atoms with Gasteiger partial charge in [-0.2, -0.15) is 5.26 Å². The van der Waals surface area contributed by atoms with Gasteiger partial charge < -0.3 is 9.30 Å². The van der Waals surface area contributed by atoms with Crippen LogP contribution in [-0.2, 0) is 4.74 Å². The maximum atomic E-state index is 12.9. The fourth-order valence-electron chi connectivity index (χ4n) is 2.93. The van der Waals surface area contributed by atoms with E-state index in [1.54, 1.807) is 35.7 Å². The number of hydrogen-bond donors (Lipinski definition) is 0. The van der Waals surface area contributed by atoms with Crippen LogP contribution < -0.4 is 0 Å². The lowest BCUT2D eigenvalue weighted by Gasteiger charge is -2.10. The summed E-state index contributed by atoms with van der Waals surface area (Å²) in [5.41, 5.74) is 3.68. The first kappa shape index (κ1) is 19.2. The van der Waals surface area contributed by atoms with Crippen LogP contribution in [0.3, 0.4) is 0 Å². The highest BCUT2D eigenvalue weighted by Gasteiger charge is 2.20. The quantitative estimate of drug-likeness (QED) is 0.285. The molecule has 0 saturated heterocycles. The summed E-state index contributed by atoms with van der Waals surface area (Å²) in [7, 11) is 1.33. The van der Waals surface area contributed by atoms with E-state index in [0.717, 1.165) is 22.9 Å². The summed E-state index contributed by atoms with van der Waals surface area (Å²) in [6.45, 7) is 3.69. The number of methoxy groups -OCH3 is 1. The summed E-state index contributed by atoms with van der Waals surface area (Å²) in [5, 5.41) is 14.9.